The molecule has 0 aliphatic carbocycles. The Morgan fingerprint density at radius 2 is 1.91 bits per heavy atom. The number of fused-ring (bicyclic) bond motifs is 1. The van der Waals surface area contributed by atoms with Crippen molar-refractivity contribution in [3.63, 3.8) is 0 Å². The number of nitrogens with zero attached hydrogens (tertiary/aromatic N) is 3. The molecule has 172 valence electrons. The third-order valence-corrected chi connectivity index (χ3v) is 6.01. The van der Waals surface area contributed by atoms with Crippen molar-refractivity contribution in [2.75, 3.05) is 10.3 Å². The lowest BCUT2D eigenvalue weighted by Gasteiger charge is -2.19. The van der Waals surface area contributed by atoms with Crippen LogP contribution >= 0.6 is 11.6 Å². The molecule has 0 fully saturated rings. The van der Waals surface area contributed by atoms with E-state index in [4.69, 9.17) is 16.7 Å². The molecule has 0 unspecified atom stereocenters. The molecule has 10 nitrogen and oxygen atoms in total. The van der Waals surface area contributed by atoms with Gasteiger partial charge in [-0.3, -0.25) is 9.59 Å². The van der Waals surface area contributed by atoms with Gasteiger partial charge in [-0.25, -0.2) is 15.3 Å². The van der Waals surface area contributed by atoms with Crippen LogP contribution in [0, 0.1) is 0 Å². The second kappa shape index (κ2) is 8.65. The highest BCUT2D eigenvalue weighted by molar-refractivity contribution is 6.31. The van der Waals surface area contributed by atoms with Gasteiger partial charge in [0.05, 0.1) is 11.3 Å². The molecule has 3 aromatic rings. The Morgan fingerprint density at radius 1 is 1.12 bits per heavy atom. The first-order valence-corrected chi connectivity index (χ1v) is 10.8. The van der Waals surface area contributed by atoms with Crippen LogP contribution in [0.3, 0.4) is 0 Å². The third-order valence-electron chi connectivity index (χ3n) is 5.77. The number of pyridine rings is 1. The number of carbonyl (C=O) groups excluding carboxylic acids is 1. The van der Waals surface area contributed by atoms with Gasteiger partial charge in [0.15, 0.2) is 0 Å². The number of amides is 1. The molecule has 1 atom stereocenters. The average molecular weight is 479 g/mol. The van der Waals surface area contributed by atoms with Crippen LogP contribution in [0.2, 0.25) is 5.02 Å². The SMILES string of the molecule is O=C(O)c1ccc(NC(=O)[C@@H]2CCc3cc(-c4cc(Cl)ccc4N4C=NNN4)cc(=O)n32)cc1. The molecule has 1 amide bonds. The number of benzene rings is 2. The first-order valence-electron chi connectivity index (χ1n) is 10.4. The number of hydrazone groups is 1. The molecule has 34 heavy (non-hydrogen) atoms. The summed E-state index contributed by atoms with van der Waals surface area (Å²) in [7, 11) is 0. The standard InChI is InChI=1S/C23H19ClN6O4/c24-15-3-7-19(29-12-25-27-28-29)18(11-15)14-9-17-6-8-20(30(17)21(31)10-14)22(32)26-16-4-1-13(2-5-16)23(33)34/h1-5,7,9-12,20,27-28H,6,8H2,(H,26,32)(H,33,34)/t20-/m0/s1. The number of aromatic carboxylic acids is 1. The van der Waals surface area contributed by atoms with Crippen molar-refractivity contribution in [1.29, 1.82) is 0 Å². The second-order valence-electron chi connectivity index (χ2n) is 7.87. The molecule has 3 heterocycles. The first kappa shape index (κ1) is 21.7. The molecular weight excluding hydrogens is 460 g/mol. The van der Waals surface area contributed by atoms with Gasteiger partial charge in [0.1, 0.15) is 12.4 Å². The molecule has 2 aromatic carbocycles. The number of rotatable bonds is 5. The van der Waals surface area contributed by atoms with Crippen molar-refractivity contribution >= 4 is 41.2 Å². The minimum atomic E-state index is -1.04. The molecule has 0 saturated carbocycles. The maximum Gasteiger partial charge on any atom is 0.335 e. The Labute approximate surface area is 198 Å². The topological polar surface area (TPSA) is 128 Å². The van der Waals surface area contributed by atoms with Gasteiger partial charge in [-0.05, 0) is 66.9 Å². The fourth-order valence-electron chi connectivity index (χ4n) is 4.19. The lowest BCUT2D eigenvalue weighted by molar-refractivity contribution is -0.119. The number of carboxylic acids is 1. The van der Waals surface area contributed by atoms with Crippen LogP contribution in [0.4, 0.5) is 11.4 Å². The maximum absolute atomic E-state index is 13.1. The van der Waals surface area contributed by atoms with Crippen molar-refractivity contribution in [3.8, 4) is 11.1 Å². The molecule has 5 rings (SSSR count). The van der Waals surface area contributed by atoms with E-state index in [2.05, 4.69) is 21.5 Å². The van der Waals surface area contributed by atoms with Crippen molar-refractivity contribution < 1.29 is 14.7 Å². The highest BCUT2D eigenvalue weighted by atomic mass is 35.5. The summed E-state index contributed by atoms with van der Waals surface area (Å²) in [5.74, 6) is -1.37. The van der Waals surface area contributed by atoms with Crippen molar-refractivity contribution in [1.82, 2.24) is 15.6 Å². The number of anilines is 2. The zero-order chi connectivity index (χ0) is 23.8. The van der Waals surface area contributed by atoms with Crippen LogP contribution in [0.1, 0.15) is 28.5 Å². The Kier molecular flexibility index (Phi) is 5.52. The normalized spacial score (nSPS) is 16.3. The van der Waals surface area contributed by atoms with E-state index in [1.165, 1.54) is 34.9 Å². The molecule has 0 saturated heterocycles. The molecule has 0 spiro atoms. The summed E-state index contributed by atoms with van der Waals surface area (Å²) in [6.07, 6.45) is 2.60. The predicted molar refractivity (Wildman–Crippen MR) is 128 cm³/mol. The van der Waals surface area contributed by atoms with Gasteiger partial charge in [-0.15, -0.1) is 5.53 Å². The summed E-state index contributed by atoms with van der Waals surface area (Å²) in [5.41, 5.74) is 8.72. The minimum Gasteiger partial charge on any atom is -0.478 e. The Morgan fingerprint density at radius 3 is 2.62 bits per heavy atom. The Bertz CT molecular complexity index is 1390. The van der Waals surface area contributed by atoms with Crippen LogP contribution < -0.4 is 27.0 Å². The quantitative estimate of drug-likeness (QED) is 0.444. The van der Waals surface area contributed by atoms with Crippen molar-refractivity contribution in [2.24, 2.45) is 5.10 Å². The fraction of sp³-hybridized carbons (Fsp3) is 0.130. The summed E-state index contributed by atoms with van der Waals surface area (Å²) in [5, 5.41) is 17.9. The molecule has 1 aromatic heterocycles. The van der Waals surface area contributed by atoms with Crippen LogP contribution in [0.5, 0.6) is 0 Å². The highest BCUT2D eigenvalue weighted by Gasteiger charge is 2.30. The number of hydrogen-bond donors (Lipinski definition) is 4. The van der Waals surface area contributed by atoms with E-state index in [9.17, 15) is 14.4 Å². The molecule has 4 N–H and O–H groups in total. The fourth-order valence-corrected chi connectivity index (χ4v) is 4.36. The van der Waals surface area contributed by atoms with Crippen molar-refractivity contribution in [3.05, 3.63) is 81.2 Å². The zero-order valence-corrected chi connectivity index (χ0v) is 18.4. The van der Waals surface area contributed by atoms with E-state index in [-0.39, 0.29) is 17.0 Å². The van der Waals surface area contributed by atoms with E-state index in [0.717, 1.165) is 16.9 Å². The lowest BCUT2D eigenvalue weighted by Crippen LogP contribution is -2.37. The predicted octanol–water partition coefficient (Wildman–Crippen LogP) is 2.77. The van der Waals surface area contributed by atoms with Gasteiger partial charge in [0.2, 0.25) is 5.91 Å². The van der Waals surface area contributed by atoms with Gasteiger partial charge < -0.3 is 15.0 Å². The summed E-state index contributed by atoms with van der Waals surface area (Å²) in [4.78, 5) is 37.1. The highest BCUT2D eigenvalue weighted by Crippen LogP contribution is 2.35. The number of halogens is 1. The molecule has 0 bridgehead atoms. The van der Waals surface area contributed by atoms with E-state index < -0.39 is 12.0 Å². The van der Waals surface area contributed by atoms with Crippen LogP contribution in [-0.2, 0) is 11.2 Å². The number of carbonyl (C=O) groups is 2. The largest absolute Gasteiger partial charge is 0.478 e. The number of aromatic nitrogens is 1. The van der Waals surface area contributed by atoms with Gasteiger partial charge in [0, 0.05) is 28.0 Å². The smallest absolute Gasteiger partial charge is 0.335 e. The number of carboxylic acid groups (broad SMARTS) is 1. The summed E-state index contributed by atoms with van der Waals surface area (Å²) < 4.78 is 1.51. The molecular formula is C23H19ClN6O4. The molecule has 0 radical (unpaired) electrons. The minimum absolute atomic E-state index is 0.125. The Hall–Kier alpha value is -4.15. The summed E-state index contributed by atoms with van der Waals surface area (Å²) >= 11 is 6.24. The molecule has 11 heteroatoms. The monoisotopic (exact) mass is 478 g/mol. The van der Waals surface area contributed by atoms with Gasteiger partial charge in [-0.1, -0.05) is 11.6 Å². The molecule has 2 aliphatic heterocycles. The van der Waals surface area contributed by atoms with E-state index in [0.29, 0.717) is 29.1 Å². The Balaban J connectivity index is 1.44. The summed E-state index contributed by atoms with van der Waals surface area (Å²) in [6, 6.07) is 13.9. The summed E-state index contributed by atoms with van der Waals surface area (Å²) in [6.45, 7) is 0. The molecule has 2 aliphatic rings. The third kappa shape index (κ3) is 4.00. The second-order valence-corrected chi connectivity index (χ2v) is 8.31. The van der Waals surface area contributed by atoms with Gasteiger partial charge in [0.25, 0.3) is 5.56 Å². The van der Waals surface area contributed by atoms with E-state index in [1.54, 1.807) is 23.5 Å². The van der Waals surface area contributed by atoms with E-state index in [1.807, 2.05) is 12.1 Å². The maximum atomic E-state index is 13.1. The number of hydrazine groups is 2. The zero-order valence-electron chi connectivity index (χ0n) is 17.7. The van der Waals surface area contributed by atoms with Crippen LogP contribution in [0.25, 0.3) is 11.1 Å². The lowest BCUT2D eigenvalue weighted by atomic mass is 10.0. The number of aryl methyl sites for hydroxylation is 1. The number of hydrogen-bond acceptors (Lipinski definition) is 7. The average Bonchev–Trinajstić information content (AvgIpc) is 3.50. The first-order chi connectivity index (χ1) is 16.4. The van der Waals surface area contributed by atoms with Crippen LogP contribution in [-0.4, -0.2) is 27.9 Å². The van der Waals surface area contributed by atoms with Crippen molar-refractivity contribution in [2.45, 2.75) is 18.9 Å². The number of nitrogens with one attached hydrogen (secondary N) is 3. The van der Waals surface area contributed by atoms with Crippen LogP contribution in [0.15, 0.2) is 64.5 Å². The van der Waals surface area contributed by atoms with Gasteiger partial charge in [-0.2, -0.15) is 5.10 Å². The van der Waals surface area contributed by atoms with Gasteiger partial charge >= 0.3 is 5.97 Å². The van der Waals surface area contributed by atoms with E-state index >= 15 is 0 Å².